The Labute approximate surface area is 207 Å². The predicted molar refractivity (Wildman–Crippen MR) is 137 cm³/mol. The maximum absolute atomic E-state index is 13.2. The van der Waals surface area contributed by atoms with E-state index in [2.05, 4.69) is 27.8 Å². The summed E-state index contributed by atoms with van der Waals surface area (Å²) in [5.74, 6) is -0.450. The van der Waals surface area contributed by atoms with Gasteiger partial charge < -0.3 is 10.6 Å². The minimum absolute atomic E-state index is 0.277. The van der Waals surface area contributed by atoms with Crippen molar-refractivity contribution in [2.24, 2.45) is 0 Å². The summed E-state index contributed by atoms with van der Waals surface area (Å²) in [7, 11) is 0. The highest BCUT2D eigenvalue weighted by Crippen LogP contribution is 2.22. The number of carbonyl (C=O) groups excluding carboxylic acids is 2. The molecule has 2 N–H and O–H groups in total. The second-order valence-corrected chi connectivity index (χ2v) is 8.87. The first-order valence-electron chi connectivity index (χ1n) is 11.1. The van der Waals surface area contributed by atoms with E-state index in [1.165, 1.54) is 29.8 Å². The lowest BCUT2D eigenvalue weighted by molar-refractivity contribution is -0.118. The van der Waals surface area contributed by atoms with Crippen molar-refractivity contribution >= 4 is 29.3 Å². The SMILES string of the molecule is O=C(NC(Cc1ccccc1)C(=O)Nc1ccc(SCc2ccccc2)nc1)c1ccc(F)cc1. The van der Waals surface area contributed by atoms with Gasteiger partial charge in [0, 0.05) is 17.7 Å². The molecule has 0 fully saturated rings. The van der Waals surface area contributed by atoms with Crippen LogP contribution in [0.4, 0.5) is 10.1 Å². The zero-order valence-corrected chi connectivity index (χ0v) is 19.7. The largest absolute Gasteiger partial charge is 0.340 e. The van der Waals surface area contributed by atoms with Gasteiger partial charge >= 0.3 is 0 Å². The van der Waals surface area contributed by atoms with Gasteiger partial charge in [-0.25, -0.2) is 9.37 Å². The number of carbonyl (C=O) groups is 2. The first-order valence-corrected chi connectivity index (χ1v) is 12.1. The summed E-state index contributed by atoms with van der Waals surface area (Å²) in [6.45, 7) is 0. The Hall–Kier alpha value is -3.97. The van der Waals surface area contributed by atoms with Crippen LogP contribution in [-0.2, 0) is 17.0 Å². The number of thioether (sulfide) groups is 1. The number of rotatable bonds is 9. The molecule has 0 spiro atoms. The lowest BCUT2D eigenvalue weighted by Crippen LogP contribution is -2.45. The van der Waals surface area contributed by atoms with Crippen molar-refractivity contribution < 1.29 is 14.0 Å². The van der Waals surface area contributed by atoms with Crippen LogP contribution in [0, 0.1) is 5.82 Å². The molecule has 2 amide bonds. The van der Waals surface area contributed by atoms with E-state index in [1.807, 2.05) is 54.6 Å². The number of hydrogen-bond acceptors (Lipinski definition) is 4. The first kappa shape index (κ1) is 24.2. The summed E-state index contributed by atoms with van der Waals surface area (Å²) in [6, 6.07) is 27.6. The number of nitrogens with zero attached hydrogens (tertiary/aromatic N) is 1. The van der Waals surface area contributed by atoms with Crippen molar-refractivity contribution in [1.29, 1.82) is 0 Å². The van der Waals surface area contributed by atoms with Crippen molar-refractivity contribution in [3.05, 3.63) is 126 Å². The van der Waals surface area contributed by atoms with E-state index in [4.69, 9.17) is 0 Å². The second-order valence-electron chi connectivity index (χ2n) is 7.87. The van der Waals surface area contributed by atoms with E-state index in [0.717, 1.165) is 16.3 Å². The van der Waals surface area contributed by atoms with Gasteiger partial charge in [-0.15, -0.1) is 11.8 Å². The normalized spacial score (nSPS) is 11.5. The molecule has 1 atom stereocenters. The van der Waals surface area contributed by atoms with Gasteiger partial charge in [0.1, 0.15) is 11.9 Å². The molecular weight excluding hydrogens is 461 g/mol. The van der Waals surface area contributed by atoms with Gasteiger partial charge in [0.25, 0.3) is 5.91 Å². The monoisotopic (exact) mass is 485 g/mol. The molecular formula is C28H24FN3O2S. The van der Waals surface area contributed by atoms with E-state index in [9.17, 15) is 14.0 Å². The summed E-state index contributed by atoms with van der Waals surface area (Å²) in [5.41, 5.74) is 2.92. The van der Waals surface area contributed by atoms with Crippen LogP contribution in [0.1, 0.15) is 21.5 Å². The topological polar surface area (TPSA) is 71.1 Å². The van der Waals surface area contributed by atoms with E-state index in [1.54, 1.807) is 24.0 Å². The van der Waals surface area contributed by atoms with Crippen LogP contribution in [0.25, 0.3) is 0 Å². The lowest BCUT2D eigenvalue weighted by Gasteiger charge is -2.19. The second kappa shape index (κ2) is 11.9. The molecule has 35 heavy (non-hydrogen) atoms. The Morgan fingerprint density at radius 3 is 2.11 bits per heavy atom. The fourth-order valence-electron chi connectivity index (χ4n) is 3.40. The molecule has 0 saturated heterocycles. The number of hydrogen-bond donors (Lipinski definition) is 2. The molecule has 1 aromatic heterocycles. The third kappa shape index (κ3) is 7.25. The summed E-state index contributed by atoms with van der Waals surface area (Å²) < 4.78 is 13.2. The Bertz CT molecular complexity index is 1250. The van der Waals surface area contributed by atoms with E-state index >= 15 is 0 Å². The van der Waals surface area contributed by atoms with Crippen LogP contribution in [0.5, 0.6) is 0 Å². The Kier molecular flexibility index (Phi) is 8.25. The van der Waals surface area contributed by atoms with E-state index in [0.29, 0.717) is 12.1 Å². The Morgan fingerprint density at radius 2 is 1.49 bits per heavy atom. The predicted octanol–water partition coefficient (Wildman–Crippen LogP) is 5.49. The number of anilines is 1. The molecule has 5 nitrogen and oxygen atoms in total. The van der Waals surface area contributed by atoms with Crippen molar-refractivity contribution in [3.63, 3.8) is 0 Å². The number of amides is 2. The first-order chi connectivity index (χ1) is 17.1. The third-order valence-electron chi connectivity index (χ3n) is 5.24. The number of halogens is 1. The summed E-state index contributed by atoms with van der Waals surface area (Å²) >= 11 is 1.61. The third-order valence-corrected chi connectivity index (χ3v) is 6.26. The smallest absolute Gasteiger partial charge is 0.251 e. The van der Waals surface area contributed by atoms with Crippen molar-refractivity contribution in [2.75, 3.05) is 5.32 Å². The fourth-order valence-corrected chi connectivity index (χ4v) is 4.20. The molecule has 4 rings (SSSR count). The molecule has 176 valence electrons. The fraction of sp³-hybridized carbons (Fsp3) is 0.107. The molecule has 0 aliphatic carbocycles. The van der Waals surface area contributed by atoms with Gasteiger partial charge in [-0.2, -0.15) is 0 Å². The van der Waals surface area contributed by atoms with E-state index < -0.39 is 17.8 Å². The maximum Gasteiger partial charge on any atom is 0.251 e. The van der Waals surface area contributed by atoms with Gasteiger partial charge in [0.2, 0.25) is 5.91 Å². The molecule has 4 aromatic rings. The van der Waals surface area contributed by atoms with Gasteiger partial charge in [0.05, 0.1) is 16.9 Å². The van der Waals surface area contributed by atoms with Crippen LogP contribution in [0.15, 0.2) is 108 Å². The minimum atomic E-state index is -0.831. The average molecular weight is 486 g/mol. The number of nitrogens with one attached hydrogen (secondary N) is 2. The van der Waals surface area contributed by atoms with Crippen LogP contribution in [0.3, 0.4) is 0 Å². The molecule has 0 saturated carbocycles. The standard InChI is InChI=1S/C28H24FN3O2S/c29-23-13-11-22(12-14-23)27(33)32-25(17-20-7-3-1-4-8-20)28(34)31-24-15-16-26(30-18-24)35-19-21-9-5-2-6-10-21/h1-16,18,25H,17,19H2,(H,31,34)(H,32,33). The quantitative estimate of drug-likeness (QED) is 0.308. The minimum Gasteiger partial charge on any atom is -0.340 e. The molecule has 0 bridgehead atoms. The van der Waals surface area contributed by atoms with Crippen LogP contribution in [0.2, 0.25) is 0 Å². The van der Waals surface area contributed by atoms with Crippen molar-refractivity contribution in [2.45, 2.75) is 23.2 Å². The summed E-state index contributed by atoms with van der Waals surface area (Å²) in [5, 5.41) is 6.46. The molecule has 0 radical (unpaired) electrons. The Morgan fingerprint density at radius 1 is 0.829 bits per heavy atom. The molecule has 0 aliphatic rings. The summed E-state index contributed by atoms with van der Waals surface area (Å²) in [4.78, 5) is 30.3. The van der Waals surface area contributed by atoms with Gasteiger partial charge in [0.15, 0.2) is 0 Å². The Balaban J connectivity index is 1.42. The van der Waals surface area contributed by atoms with Crippen LogP contribution >= 0.6 is 11.8 Å². The van der Waals surface area contributed by atoms with Gasteiger partial charge in [-0.05, 0) is 47.5 Å². The molecule has 1 heterocycles. The van der Waals surface area contributed by atoms with Gasteiger partial charge in [-0.1, -0.05) is 60.7 Å². The zero-order valence-electron chi connectivity index (χ0n) is 18.9. The van der Waals surface area contributed by atoms with E-state index in [-0.39, 0.29) is 11.5 Å². The summed E-state index contributed by atoms with van der Waals surface area (Å²) in [6.07, 6.45) is 1.91. The molecule has 1 unspecified atom stereocenters. The number of benzene rings is 3. The van der Waals surface area contributed by atoms with Gasteiger partial charge in [-0.3, -0.25) is 9.59 Å². The average Bonchev–Trinajstić information content (AvgIpc) is 2.89. The van der Waals surface area contributed by atoms with Crippen LogP contribution in [-0.4, -0.2) is 22.8 Å². The maximum atomic E-state index is 13.2. The number of pyridine rings is 1. The number of aromatic nitrogens is 1. The molecule has 3 aromatic carbocycles. The van der Waals surface area contributed by atoms with Crippen LogP contribution < -0.4 is 10.6 Å². The molecule has 0 aliphatic heterocycles. The lowest BCUT2D eigenvalue weighted by atomic mass is 10.0. The highest BCUT2D eigenvalue weighted by atomic mass is 32.2. The highest BCUT2D eigenvalue weighted by Gasteiger charge is 2.22. The van der Waals surface area contributed by atoms with Crippen molar-refractivity contribution in [1.82, 2.24) is 10.3 Å². The highest BCUT2D eigenvalue weighted by molar-refractivity contribution is 7.98. The van der Waals surface area contributed by atoms with Crippen molar-refractivity contribution in [3.8, 4) is 0 Å². The zero-order chi connectivity index (χ0) is 24.5. The molecule has 7 heteroatoms.